The molecule has 0 spiro atoms. The van der Waals surface area contributed by atoms with E-state index < -0.39 is 5.82 Å². The molecule has 0 saturated heterocycles. The maximum absolute atomic E-state index is 13.8. The molecule has 2 saturated carbocycles. The molecule has 2 aliphatic rings. The second kappa shape index (κ2) is 6.43. The fraction of sp³-hybridized carbons (Fsp3) is 0.667. The van der Waals surface area contributed by atoms with Gasteiger partial charge >= 0.3 is 0 Å². The van der Waals surface area contributed by atoms with E-state index >= 15 is 0 Å². The number of rotatable bonds is 7. The second-order valence-corrected chi connectivity index (χ2v) is 6.92. The van der Waals surface area contributed by atoms with E-state index in [0.717, 1.165) is 31.5 Å². The van der Waals surface area contributed by atoms with E-state index in [1.54, 1.807) is 6.07 Å². The molecule has 0 atom stereocenters. The smallest absolute Gasteiger partial charge is 0.129 e. The Labute approximate surface area is 126 Å². The van der Waals surface area contributed by atoms with Crippen LogP contribution in [0.5, 0.6) is 0 Å². The molecule has 0 bridgehead atoms. The molecule has 1 nitrogen and oxygen atoms in total. The standard InChI is InChI=1S/C18H25F2N/c19-15-4-3-14(17(20)13-15)7-10-18(8-1-2-9-18)11-12-21-16-5-6-16/h3-4,13,16,21H,1-2,5-12H2. The van der Waals surface area contributed by atoms with E-state index in [-0.39, 0.29) is 5.82 Å². The minimum Gasteiger partial charge on any atom is -0.314 e. The number of benzene rings is 1. The van der Waals surface area contributed by atoms with Gasteiger partial charge in [-0.15, -0.1) is 0 Å². The molecule has 0 amide bonds. The van der Waals surface area contributed by atoms with Gasteiger partial charge in [0.25, 0.3) is 0 Å². The molecular weight excluding hydrogens is 268 g/mol. The van der Waals surface area contributed by atoms with Gasteiger partial charge in [-0.1, -0.05) is 18.9 Å². The summed E-state index contributed by atoms with van der Waals surface area (Å²) in [7, 11) is 0. The molecule has 0 unspecified atom stereocenters. The molecule has 2 aliphatic carbocycles. The lowest BCUT2D eigenvalue weighted by Crippen LogP contribution is -2.26. The predicted molar refractivity (Wildman–Crippen MR) is 81.2 cm³/mol. The highest BCUT2D eigenvalue weighted by Crippen LogP contribution is 2.44. The highest BCUT2D eigenvalue weighted by Gasteiger charge is 2.33. The van der Waals surface area contributed by atoms with E-state index in [9.17, 15) is 8.78 Å². The summed E-state index contributed by atoms with van der Waals surface area (Å²) in [5.74, 6) is -0.875. The summed E-state index contributed by atoms with van der Waals surface area (Å²) in [6, 6.07) is 4.74. The van der Waals surface area contributed by atoms with Crippen LogP contribution in [-0.4, -0.2) is 12.6 Å². The lowest BCUT2D eigenvalue weighted by Gasteiger charge is -2.29. The summed E-state index contributed by atoms with van der Waals surface area (Å²) in [6.45, 7) is 1.09. The van der Waals surface area contributed by atoms with Crippen molar-refractivity contribution in [3.8, 4) is 0 Å². The molecule has 1 aromatic rings. The number of nitrogens with one attached hydrogen (secondary N) is 1. The third-order valence-electron chi connectivity index (χ3n) is 5.27. The van der Waals surface area contributed by atoms with Crippen molar-refractivity contribution in [1.29, 1.82) is 0 Å². The first-order valence-corrected chi connectivity index (χ1v) is 8.34. The Bertz CT molecular complexity index is 476. The quantitative estimate of drug-likeness (QED) is 0.774. The Hall–Kier alpha value is -0.960. The van der Waals surface area contributed by atoms with Crippen molar-refractivity contribution in [2.45, 2.75) is 63.8 Å². The van der Waals surface area contributed by atoms with E-state index in [1.165, 1.54) is 51.0 Å². The van der Waals surface area contributed by atoms with Gasteiger partial charge in [-0.25, -0.2) is 8.78 Å². The summed E-state index contributed by atoms with van der Waals surface area (Å²) in [5, 5.41) is 3.60. The van der Waals surface area contributed by atoms with Crippen LogP contribution < -0.4 is 5.32 Å². The number of hydrogen-bond donors (Lipinski definition) is 1. The van der Waals surface area contributed by atoms with Crippen molar-refractivity contribution >= 4 is 0 Å². The first-order valence-electron chi connectivity index (χ1n) is 8.34. The first-order chi connectivity index (χ1) is 10.2. The number of aryl methyl sites for hydroxylation is 1. The van der Waals surface area contributed by atoms with Gasteiger partial charge in [-0.2, -0.15) is 0 Å². The molecule has 3 rings (SSSR count). The molecular formula is C18H25F2N. The van der Waals surface area contributed by atoms with Crippen LogP contribution in [0.15, 0.2) is 18.2 Å². The molecule has 21 heavy (non-hydrogen) atoms. The van der Waals surface area contributed by atoms with E-state index in [0.29, 0.717) is 11.0 Å². The van der Waals surface area contributed by atoms with Crippen molar-refractivity contribution in [2.24, 2.45) is 5.41 Å². The zero-order valence-corrected chi connectivity index (χ0v) is 12.6. The fourth-order valence-electron chi connectivity index (χ4n) is 3.70. The van der Waals surface area contributed by atoms with E-state index in [1.807, 2.05) is 0 Å². The summed E-state index contributed by atoms with van der Waals surface area (Å²) < 4.78 is 26.7. The summed E-state index contributed by atoms with van der Waals surface area (Å²) >= 11 is 0. The normalized spacial score (nSPS) is 20.9. The van der Waals surface area contributed by atoms with Crippen molar-refractivity contribution < 1.29 is 8.78 Å². The summed E-state index contributed by atoms with van der Waals surface area (Å²) in [6.07, 6.45) is 10.8. The maximum Gasteiger partial charge on any atom is 0.129 e. The molecule has 0 radical (unpaired) electrons. The van der Waals surface area contributed by atoms with Crippen molar-refractivity contribution in [1.82, 2.24) is 5.32 Å². The Morgan fingerprint density at radius 3 is 2.52 bits per heavy atom. The monoisotopic (exact) mass is 293 g/mol. The van der Waals surface area contributed by atoms with Gasteiger partial charge in [0.1, 0.15) is 11.6 Å². The SMILES string of the molecule is Fc1ccc(CCC2(CCNC3CC3)CCCC2)c(F)c1. The van der Waals surface area contributed by atoms with Crippen LogP contribution in [0.4, 0.5) is 8.78 Å². The molecule has 0 heterocycles. The van der Waals surface area contributed by atoms with Crippen LogP contribution in [0.2, 0.25) is 0 Å². The van der Waals surface area contributed by atoms with E-state index in [4.69, 9.17) is 0 Å². The average Bonchev–Trinajstić information content (AvgIpc) is 3.16. The molecule has 2 fully saturated rings. The number of hydrogen-bond acceptors (Lipinski definition) is 1. The predicted octanol–water partition coefficient (Wildman–Crippen LogP) is 4.60. The Morgan fingerprint density at radius 1 is 1.10 bits per heavy atom. The summed E-state index contributed by atoms with van der Waals surface area (Å²) in [5.41, 5.74) is 1.04. The van der Waals surface area contributed by atoms with Gasteiger partial charge in [0.2, 0.25) is 0 Å². The fourth-order valence-corrected chi connectivity index (χ4v) is 3.70. The van der Waals surface area contributed by atoms with Gasteiger partial charge in [0.15, 0.2) is 0 Å². The van der Waals surface area contributed by atoms with Crippen LogP contribution in [0, 0.1) is 17.0 Å². The molecule has 1 N–H and O–H groups in total. The third kappa shape index (κ3) is 4.03. The molecule has 3 heteroatoms. The van der Waals surface area contributed by atoms with Gasteiger partial charge in [0, 0.05) is 12.1 Å². The van der Waals surface area contributed by atoms with Gasteiger partial charge in [-0.3, -0.25) is 0 Å². The largest absolute Gasteiger partial charge is 0.314 e. The minimum atomic E-state index is -0.486. The topological polar surface area (TPSA) is 12.0 Å². The van der Waals surface area contributed by atoms with E-state index in [2.05, 4.69) is 5.32 Å². The maximum atomic E-state index is 13.8. The molecule has 1 aromatic carbocycles. The zero-order chi connectivity index (χ0) is 14.7. The molecule has 0 aliphatic heterocycles. The summed E-state index contributed by atoms with van der Waals surface area (Å²) in [4.78, 5) is 0. The zero-order valence-electron chi connectivity index (χ0n) is 12.6. The van der Waals surface area contributed by atoms with Crippen molar-refractivity contribution in [3.63, 3.8) is 0 Å². The minimum absolute atomic E-state index is 0.378. The van der Waals surface area contributed by atoms with Crippen LogP contribution in [0.25, 0.3) is 0 Å². The number of halogens is 2. The Morgan fingerprint density at radius 2 is 1.86 bits per heavy atom. The lowest BCUT2D eigenvalue weighted by molar-refractivity contribution is 0.244. The highest BCUT2D eigenvalue weighted by atomic mass is 19.1. The third-order valence-corrected chi connectivity index (χ3v) is 5.27. The molecule has 0 aromatic heterocycles. The first kappa shape index (κ1) is 15.0. The van der Waals surface area contributed by atoms with Crippen LogP contribution in [-0.2, 0) is 6.42 Å². The van der Waals surface area contributed by atoms with Gasteiger partial charge in [-0.05, 0) is 68.5 Å². The van der Waals surface area contributed by atoms with Gasteiger partial charge in [0.05, 0.1) is 0 Å². The second-order valence-electron chi connectivity index (χ2n) is 6.92. The van der Waals surface area contributed by atoms with Crippen LogP contribution in [0.3, 0.4) is 0 Å². The lowest BCUT2D eigenvalue weighted by atomic mass is 9.77. The van der Waals surface area contributed by atoms with Crippen LogP contribution in [0.1, 0.15) is 56.9 Å². The average molecular weight is 293 g/mol. The van der Waals surface area contributed by atoms with Crippen LogP contribution >= 0.6 is 0 Å². The highest BCUT2D eigenvalue weighted by molar-refractivity contribution is 5.19. The van der Waals surface area contributed by atoms with Crippen molar-refractivity contribution in [2.75, 3.05) is 6.54 Å². The van der Waals surface area contributed by atoms with Crippen molar-refractivity contribution in [3.05, 3.63) is 35.4 Å². The molecule has 116 valence electrons. The Balaban J connectivity index is 1.56. The van der Waals surface area contributed by atoms with Gasteiger partial charge < -0.3 is 5.32 Å². The Kier molecular flexibility index (Phi) is 4.58.